The van der Waals surface area contributed by atoms with Crippen molar-refractivity contribution in [3.63, 3.8) is 0 Å². The highest BCUT2D eigenvalue weighted by Gasteiger charge is 2.51. The van der Waals surface area contributed by atoms with Crippen LogP contribution in [-0.4, -0.2) is 24.5 Å². The van der Waals surface area contributed by atoms with Crippen LogP contribution < -0.4 is 0 Å². The summed E-state index contributed by atoms with van der Waals surface area (Å²) >= 11 is 0. The van der Waals surface area contributed by atoms with Gasteiger partial charge in [0, 0.05) is 19.0 Å². The van der Waals surface area contributed by atoms with Crippen LogP contribution in [0.2, 0.25) is 0 Å². The van der Waals surface area contributed by atoms with E-state index < -0.39 is 0 Å². The van der Waals surface area contributed by atoms with Gasteiger partial charge in [-0.2, -0.15) is 5.26 Å². The topological polar surface area (TPSA) is 27.0 Å². The fourth-order valence-corrected chi connectivity index (χ4v) is 2.46. The molecule has 2 rings (SSSR count). The molecule has 11 heavy (non-hydrogen) atoms. The first-order valence-electron chi connectivity index (χ1n) is 4.40. The van der Waals surface area contributed by atoms with E-state index in [1.165, 1.54) is 32.5 Å². The molecule has 1 aliphatic carbocycles. The predicted molar refractivity (Wildman–Crippen MR) is 42.9 cm³/mol. The Morgan fingerprint density at radius 2 is 2.18 bits per heavy atom. The Bertz CT molecular complexity index is 190. The second kappa shape index (κ2) is 2.22. The summed E-state index contributed by atoms with van der Waals surface area (Å²) in [5, 5.41) is 8.60. The summed E-state index contributed by atoms with van der Waals surface area (Å²) in [6.07, 6.45) is 2.33. The van der Waals surface area contributed by atoms with E-state index in [2.05, 4.69) is 17.9 Å². The van der Waals surface area contributed by atoms with Gasteiger partial charge in [0.05, 0.1) is 6.07 Å². The third kappa shape index (κ3) is 0.954. The van der Waals surface area contributed by atoms with Crippen molar-refractivity contribution in [2.75, 3.05) is 19.6 Å². The molecule has 0 atom stereocenters. The molecule has 60 valence electrons. The minimum absolute atomic E-state index is 0.383. The molecular formula is C9H14N2. The SMILES string of the molecule is CCN1CC2(CC(C#N)C2)C1. The lowest BCUT2D eigenvalue weighted by Gasteiger charge is -2.57. The molecule has 0 radical (unpaired) electrons. The molecule has 0 aromatic carbocycles. The Labute approximate surface area is 67.8 Å². The maximum atomic E-state index is 8.60. The van der Waals surface area contributed by atoms with Gasteiger partial charge in [-0.3, -0.25) is 0 Å². The molecule has 1 aliphatic heterocycles. The van der Waals surface area contributed by atoms with E-state index in [9.17, 15) is 0 Å². The molecule has 0 aromatic rings. The molecule has 0 N–H and O–H groups in total. The first kappa shape index (κ1) is 7.12. The van der Waals surface area contributed by atoms with Crippen LogP contribution in [0.1, 0.15) is 19.8 Å². The van der Waals surface area contributed by atoms with Crippen LogP contribution >= 0.6 is 0 Å². The van der Waals surface area contributed by atoms with E-state index in [4.69, 9.17) is 5.26 Å². The van der Waals surface area contributed by atoms with Gasteiger partial charge < -0.3 is 4.90 Å². The van der Waals surface area contributed by atoms with Crippen molar-refractivity contribution in [2.45, 2.75) is 19.8 Å². The van der Waals surface area contributed by atoms with Crippen LogP contribution in [0.3, 0.4) is 0 Å². The minimum Gasteiger partial charge on any atom is -0.302 e. The highest BCUT2D eigenvalue weighted by molar-refractivity contribution is 5.09. The zero-order valence-corrected chi connectivity index (χ0v) is 7.01. The van der Waals surface area contributed by atoms with Crippen molar-refractivity contribution in [1.29, 1.82) is 5.26 Å². The lowest BCUT2D eigenvalue weighted by Crippen LogP contribution is -2.61. The fraction of sp³-hybridized carbons (Fsp3) is 0.889. The van der Waals surface area contributed by atoms with E-state index in [1.54, 1.807) is 0 Å². The summed E-state index contributed by atoms with van der Waals surface area (Å²) in [4.78, 5) is 2.45. The fourth-order valence-electron chi connectivity index (χ4n) is 2.46. The molecule has 1 heterocycles. The van der Waals surface area contributed by atoms with Crippen molar-refractivity contribution >= 4 is 0 Å². The van der Waals surface area contributed by atoms with Crippen molar-refractivity contribution in [1.82, 2.24) is 4.90 Å². The number of hydrogen-bond donors (Lipinski definition) is 0. The quantitative estimate of drug-likeness (QED) is 0.562. The first-order valence-corrected chi connectivity index (χ1v) is 4.40. The summed E-state index contributed by atoms with van der Waals surface area (Å²) in [6.45, 7) is 5.88. The number of nitrogens with zero attached hydrogens (tertiary/aromatic N) is 2. The van der Waals surface area contributed by atoms with Crippen molar-refractivity contribution in [3.05, 3.63) is 0 Å². The molecule has 1 saturated heterocycles. The van der Waals surface area contributed by atoms with Crippen molar-refractivity contribution < 1.29 is 0 Å². The number of likely N-dealkylation sites (tertiary alicyclic amines) is 1. The van der Waals surface area contributed by atoms with Crippen molar-refractivity contribution in [2.24, 2.45) is 11.3 Å². The minimum atomic E-state index is 0.383. The molecule has 1 saturated carbocycles. The van der Waals surface area contributed by atoms with Gasteiger partial charge in [-0.25, -0.2) is 0 Å². The average Bonchev–Trinajstić information content (AvgIpc) is 1.83. The molecule has 0 unspecified atom stereocenters. The summed E-state index contributed by atoms with van der Waals surface area (Å²) in [6, 6.07) is 2.34. The van der Waals surface area contributed by atoms with E-state index in [-0.39, 0.29) is 0 Å². The monoisotopic (exact) mass is 150 g/mol. The Balaban J connectivity index is 1.80. The van der Waals surface area contributed by atoms with Crippen LogP contribution in [0.25, 0.3) is 0 Å². The van der Waals surface area contributed by atoms with Crippen LogP contribution in [0, 0.1) is 22.7 Å². The zero-order chi connectivity index (χ0) is 7.90. The lowest BCUT2D eigenvalue weighted by atomic mass is 9.58. The molecular weight excluding hydrogens is 136 g/mol. The summed E-state index contributed by atoms with van der Waals surface area (Å²) in [5.41, 5.74) is 0.594. The molecule has 0 amide bonds. The Morgan fingerprint density at radius 1 is 1.55 bits per heavy atom. The molecule has 2 aliphatic rings. The number of hydrogen-bond acceptors (Lipinski definition) is 2. The number of rotatable bonds is 1. The second-order valence-electron chi connectivity index (χ2n) is 4.04. The van der Waals surface area contributed by atoms with Gasteiger partial charge in [0.25, 0.3) is 0 Å². The smallest absolute Gasteiger partial charge is 0.0656 e. The molecule has 2 fully saturated rings. The zero-order valence-electron chi connectivity index (χ0n) is 7.01. The number of nitriles is 1. The Kier molecular flexibility index (Phi) is 1.43. The average molecular weight is 150 g/mol. The standard InChI is InChI=1S/C9H14N2/c1-2-11-6-9(7-11)3-8(4-9)5-10/h8H,2-4,6-7H2,1H3. The Morgan fingerprint density at radius 3 is 2.64 bits per heavy atom. The maximum Gasteiger partial charge on any atom is 0.0656 e. The highest BCUT2D eigenvalue weighted by atomic mass is 15.2. The van der Waals surface area contributed by atoms with E-state index in [1.807, 2.05) is 0 Å². The van der Waals surface area contributed by atoms with Gasteiger partial charge in [-0.1, -0.05) is 6.92 Å². The predicted octanol–water partition coefficient (Wildman–Crippen LogP) is 1.24. The summed E-state index contributed by atoms with van der Waals surface area (Å²) in [5.74, 6) is 0.383. The van der Waals surface area contributed by atoms with Crippen LogP contribution in [-0.2, 0) is 0 Å². The van der Waals surface area contributed by atoms with Gasteiger partial charge in [-0.05, 0) is 24.8 Å². The van der Waals surface area contributed by atoms with Gasteiger partial charge in [-0.15, -0.1) is 0 Å². The van der Waals surface area contributed by atoms with E-state index >= 15 is 0 Å². The molecule has 0 aromatic heterocycles. The third-order valence-electron chi connectivity index (χ3n) is 3.11. The molecule has 0 bridgehead atoms. The molecule has 1 spiro atoms. The van der Waals surface area contributed by atoms with Crippen LogP contribution in [0.5, 0.6) is 0 Å². The largest absolute Gasteiger partial charge is 0.302 e. The van der Waals surface area contributed by atoms with Crippen LogP contribution in [0.4, 0.5) is 0 Å². The maximum absolute atomic E-state index is 8.60. The lowest BCUT2D eigenvalue weighted by molar-refractivity contribution is -0.0768. The highest BCUT2D eigenvalue weighted by Crippen LogP contribution is 2.51. The third-order valence-corrected chi connectivity index (χ3v) is 3.11. The van der Waals surface area contributed by atoms with Crippen LogP contribution in [0.15, 0.2) is 0 Å². The van der Waals surface area contributed by atoms with E-state index in [0.29, 0.717) is 11.3 Å². The molecule has 2 nitrogen and oxygen atoms in total. The normalized spacial score (nSPS) is 29.1. The van der Waals surface area contributed by atoms with Gasteiger partial charge in [0.15, 0.2) is 0 Å². The van der Waals surface area contributed by atoms with Gasteiger partial charge >= 0.3 is 0 Å². The first-order chi connectivity index (χ1) is 5.28. The Hall–Kier alpha value is -0.550. The molecule has 2 heteroatoms. The summed E-state index contributed by atoms with van der Waals surface area (Å²) < 4.78 is 0. The second-order valence-corrected chi connectivity index (χ2v) is 4.04. The van der Waals surface area contributed by atoms with Gasteiger partial charge in [0.2, 0.25) is 0 Å². The van der Waals surface area contributed by atoms with Gasteiger partial charge in [0.1, 0.15) is 0 Å². The van der Waals surface area contributed by atoms with E-state index in [0.717, 1.165) is 0 Å². The summed E-state index contributed by atoms with van der Waals surface area (Å²) in [7, 11) is 0. The van der Waals surface area contributed by atoms with Crippen molar-refractivity contribution in [3.8, 4) is 6.07 Å².